The van der Waals surface area contributed by atoms with Crippen molar-refractivity contribution >= 4 is 17.4 Å². The maximum absolute atomic E-state index is 6.60. The second kappa shape index (κ2) is 15.1. The Morgan fingerprint density at radius 3 is 1.00 bits per heavy atom. The molecule has 0 aromatic carbocycles. The molecule has 5 nitrogen and oxygen atoms in total. The SMILES string of the molecule is CCC(C)O[Si](C)(CC[Si](OC(C)CC)(OC(C)CC)OC(C)CC)OC(C)CC. The van der Waals surface area contributed by atoms with Gasteiger partial charge in [0.15, 0.2) is 0 Å². The smallest absolute Gasteiger partial charge is 0.392 e. The van der Waals surface area contributed by atoms with E-state index in [1.165, 1.54) is 0 Å². The van der Waals surface area contributed by atoms with Gasteiger partial charge in [-0.1, -0.05) is 34.6 Å². The van der Waals surface area contributed by atoms with E-state index in [0.717, 1.165) is 44.2 Å². The molecule has 0 heterocycles. The zero-order valence-electron chi connectivity index (χ0n) is 21.9. The van der Waals surface area contributed by atoms with E-state index >= 15 is 0 Å². The van der Waals surface area contributed by atoms with Crippen LogP contribution in [0.1, 0.15) is 101 Å². The molecule has 0 saturated carbocycles. The highest BCUT2D eigenvalue weighted by atomic mass is 28.4. The fourth-order valence-electron chi connectivity index (χ4n) is 2.97. The molecule has 0 rings (SSSR count). The summed E-state index contributed by atoms with van der Waals surface area (Å²) < 4.78 is 32.8. The molecule has 0 aromatic rings. The number of rotatable bonds is 18. The van der Waals surface area contributed by atoms with Crippen LogP contribution in [-0.4, -0.2) is 47.9 Å². The van der Waals surface area contributed by atoms with Gasteiger partial charge in [-0.15, -0.1) is 0 Å². The Balaban J connectivity index is 5.79. The molecule has 0 saturated heterocycles. The molecule has 0 aromatic heterocycles. The zero-order chi connectivity index (χ0) is 23.4. The van der Waals surface area contributed by atoms with Gasteiger partial charge in [0.1, 0.15) is 0 Å². The van der Waals surface area contributed by atoms with Crippen molar-refractivity contribution in [2.45, 2.75) is 150 Å². The summed E-state index contributed by atoms with van der Waals surface area (Å²) in [4.78, 5) is 0. The van der Waals surface area contributed by atoms with Gasteiger partial charge in [-0.05, 0) is 79.3 Å². The molecule has 0 radical (unpaired) electrons. The van der Waals surface area contributed by atoms with E-state index < -0.39 is 17.4 Å². The van der Waals surface area contributed by atoms with Crippen molar-refractivity contribution in [3.63, 3.8) is 0 Å². The van der Waals surface area contributed by atoms with Gasteiger partial charge in [-0.25, -0.2) is 0 Å². The lowest BCUT2D eigenvalue weighted by Crippen LogP contribution is -2.54. The Morgan fingerprint density at radius 2 is 0.733 bits per heavy atom. The summed E-state index contributed by atoms with van der Waals surface area (Å²) in [7, 11) is -5.32. The van der Waals surface area contributed by atoms with Crippen LogP contribution in [0, 0.1) is 0 Å². The van der Waals surface area contributed by atoms with Crippen molar-refractivity contribution in [2.24, 2.45) is 0 Å². The van der Waals surface area contributed by atoms with E-state index in [-0.39, 0.29) is 30.5 Å². The molecule has 0 amide bonds. The molecular formula is C23H52O5Si2. The predicted octanol–water partition coefficient (Wildman–Crippen LogP) is 7.07. The fourth-order valence-corrected chi connectivity index (χ4v) is 11.2. The molecule has 0 N–H and O–H groups in total. The third-order valence-electron chi connectivity index (χ3n) is 5.80. The van der Waals surface area contributed by atoms with Gasteiger partial charge in [0, 0.05) is 36.6 Å². The van der Waals surface area contributed by atoms with Crippen molar-refractivity contribution in [1.29, 1.82) is 0 Å². The molecule has 7 heteroatoms. The first-order valence-electron chi connectivity index (χ1n) is 12.4. The van der Waals surface area contributed by atoms with Gasteiger partial charge < -0.3 is 22.1 Å². The van der Waals surface area contributed by atoms with Gasteiger partial charge in [-0.3, -0.25) is 0 Å². The minimum atomic E-state index is -2.91. The third kappa shape index (κ3) is 11.7. The van der Waals surface area contributed by atoms with E-state index in [1.807, 2.05) is 0 Å². The van der Waals surface area contributed by atoms with Crippen molar-refractivity contribution in [1.82, 2.24) is 0 Å². The summed E-state index contributed by atoms with van der Waals surface area (Å²) in [5, 5.41) is 0. The average molecular weight is 465 g/mol. The van der Waals surface area contributed by atoms with Crippen LogP contribution < -0.4 is 0 Å². The lowest BCUT2D eigenvalue weighted by molar-refractivity contribution is -0.0109. The lowest BCUT2D eigenvalue weighted by Gasteiger charge is -2.39. The molecule has 0 spiro atoms. The highest BCUT2D eigenvalue weighted by Crippen LogP contribution is 2.31. The average Bonchev–Trinajstić information content (AvgIpc) is 2.71. The largest absolute Gasteiger partial charge is 0.501 e. The molecule has 182 valence electrons. The second-order valence-corrected chi connectivity index (χ2v) is 14.8. The van der Waals surface area contributed by atoms with E-state index in [2.05, 4.69) is 75.8 Å². The number of hydrogen-bond acceptors (Lipinski definition) is 5. The molecule has 0 aliphatic rings. The molecule has 30 heavy (non-hydrogen) atoms. The topological polar surface area (TPSA) is 46.2 Å². The molecular weight excluding hydrogens is 412 g/mol. The van der Waals surface area contributed by atoms with E-state index in [1.54, 1.807) is 0 Å². The van der Waals surface area contributed by atoms with Crippen LogP contribution in [0.25, 0.3) is 0 Å². The van der Waals surface area contributed by atoms with Gasteiger partial charge in [0.25, 0.3) is 0 Å². The van der Waals surface area contributed by atoms with Crippen LogP contribution in [0.3, 0.4) is 0 Å². The van der Waals surface area contributed by atoms with Gasteiger partial charge in [0.05, 0.1) is 0 Å². The molecule has 0 aliphatic heterocycles. The Morgan fingerprint density at radius 1 is 0.467 bits per heavy atom. The van der Waals surface area contributed by atoms with E-state index in [4.69, 9.17) is 22.1 Å². The monoisotopic (exact) mass is 464 g/mol. The standard InChI is InChI=1S/C23H52O5Si2/c1-12-19(6)24-29(11,25-20(7)13-2)17-18-30(26-21(8)14-3,27-22(9)15-4)28-23(10)16-5/h19-23H,12-18H2,1-11H3. The van der Waals surface area contributed by atoms with Crippen molar-refractivity contribution in [3.8, 4) is 0 Å². The minimum absolute atomic E-state index is 0.101. The van der Waals surface area contributed by atoms with E-state index in [9.17, 15) is 0 Å². The van der Waals surface area contributed by atoms with Crippen molar-refractivity contribution in [2.75, 3.05) is 0 Å². The molecule has 0 aliphatic carbocycles. The summed E-state index contributed by atoms with van der Waals surface area (Å²) in [6.45, 7) is 23.6. The van der Waals surface area contributed by atoms with Crippen LogP contribution in [-0.2, 0) is 22.1 Å². The summed E-state index contributed by atoms with van der Waals surface area (Å²) in [5.41, 5.74) is 0. The normalized spacial score (nSPS) is 21.3. The highest BCUT2D eigenvalue weighted by molar-refractivity contribution is 6.69. The predicted molar refractivity (Wildman–Crippen MR) is 131 cm³/mol. The summed E-state index contributed by atoms with van der Waals surface area (Å²) in [6.07, 6.45) is 5.43. The van der Waals surface area contributed by atoms with E-state index in [0.29, 0.717) is 0 Å². The molecule has 0 bridgehead atoms. The first kappa shape index (κ1) is 30.2. The second-order valence-electron chi connectivity index (χ2n) is 9.00. The zero-order valence-corrected chi connectivity index (χ0v) is 23.9. The first-order valence-corrected chi connectivity index (χ1v) is 16.8. The summed E-state index contributed by atoms with van der Waals surface area (Å²) in [6, 6.07) is 1.55. The summed E-state index contributed by atoms with van der Waals surface area (Å²) in [5.74, 6) is 0. The minimum Gasteiger partial charge on any atom is -0.392 e. The summed E-state index contributed by atoms with van der Waals surface area (Å²) >= 11 is 0. The fraction of sp³-hybridized carbons (Fsp3) is 1.00. The third-order valence-corrected chi connectivity index (χ3v) is 12.4. The van der Waals surface area contributed by atoms with Crippen LogP contribution in [0.5, 0.6) is 0 Å². The Labute approximate surface area is 190 Å². The van der Waals surface area contributed by atoms with Gasteiger partial charge in [0.2, 0.25) is 0 Å². The lowest BCUT2D eigenvalue weighted by atomic mass is 10.3. The van der Waals surface area contributed by atoms with Gasteiger partial charge in [-0.2, -0.15) is 0 Å². The quantitative estimate of drug-likeness (QED) is 0.203. The first-order chi connectivity index (χ1) is 14.0. The van der Waals surface area contributed by atoms with Crippen molar-refractivity contribution in [3.05, 3.63) is 0 Å². The van der Waals surface area contributed by atoms with Gasteiger partial charge >= 0.3 is 17.4 Å². The van der Waals surface area contributed by atoms with Crippen LogP contribution in [0.4, 0.5) is 0 Å². The van der Waals surface area contributed by atoms with Crippen molar-refractivity contribution < 1.29 is 22.1 Å². The molecule has 5 unspecified atom stereocenters. The molecule has 0 fully saturated rings. The Kier molecular flexibility index (Phi) is 15.3. The Hall–Kier alpha value is 0.234. The van der Waals surface area contributed by atoms with Crippen LogP contribution in [0.15, 0.2) is 0 Å². The van der Waals surface area contributed by atoms with Crippen LogP contribution in [0.2, 0.25) is 18.6 Å². The maximum Gasteiger partial charge on any atom is 0.501 e. The Bertz CT molecular complexity index is 395. The maximum atomic E-state index is 6.60. The molecule has 5 atom stereocenters. The number of hydrogen-bond donors (Lipinski definition) is 0. The highest BCUT2D eigenvalue weighted by Gasteiger charge is 2.48. The van der Waals surface area contributed by atoms with Crippen LogP contribution >= 0.6 is 0 Å².